The third-order valence-corrected chi connectivity index (χ3v) is 7.22. The zero-order chi connectivity index (χ0) is 29.0. The lowest BCUT2D eigenvalue weighted by molar-refractivity contribution is -0.166. The van der Waals surface area contributed by atoms with Gasteiger partial charge in [-0.15, -0.1) is 0 Å². The molecule has 1 aliphatic heterocycles. The summed E-state index contributed by atoms with van der Waals surface area (Å²) in [6, 6.07) is 1.46. The molecule has 216 valence electrons. The molecule has 1 unspecified atom stereocenters. The number of fused-ring (bicyclic) bond motifs is 1. The van der Waals surface area contributed by atoms with E-state index in [1.54, 1.807) is 11.4 Å². The Morgan fingerprint density at radius 1 is 1.21 bits per heavy atom. The van der Waals surface area contributed by atoms with Gasteiger partial charge in [-0.25, -0.2) is 14.6 Å². The van der Waals surface area contributed by atoms with Crippen LogP contribution in [0.1, 0.15) is 108 Å². The molecule has 1 N–H and O–H groups in total. The second-order valence-electron chi connectivity index (χ2n) is 12.3. The first-order chi connectivity index (χ1) is 18.2. The molecule has 2 aromatic rings. The molecule has 39 heavy (non-hydrogen) atoms. The van der Waals surface area contributed by atoms with Crippen LogP contribution in [0.3, 0.4) is 0 Å². The van der Waals surface area contributed by atoms with Crippen molar-refractivity contribution in [2.45, 2.75) is 99.2 Å². The maximum Gasteiger partial charge on any atom is 0.356 e. The van der Waals surface area contributed by atoms with Gasteiger partial charge in [0.15, 0.2) is 17.4 Å². The van der Waals surface area contributed by atoms with Crippen LogP contribution in [0, 0.1) is 18.3 Å². The molecular formula is C30H46N4O5. The molecule has 1 saturated heterocycles. The molecule has 0 aliphatic carbocycles. The summed E-state index contributed by atoms with van der Waals surface area (Å²) in [6.45, 7) is 17.7. The van der Waals surface area contributed by atoms with E-state index >= 15 is 0 Å². The maximum atomic E-state index is 13.3. The van der Waals surface area contributed by atoms with Gasteiger partial charge in [0.2, 0.25) is 0 Å². The molecule has 1 fully saturated rings. The Kier molecular flexibility index (Phi) is 9.80. The van der Waals surface area contributed by atoms with Gasteiger partial charge in [-0.3, -0.25) is 0 Å². The first-order valence-electron chi connectivity index (χ1n) is 14.1. The summed E-state index contributed by atoms with van der Waals surface area (Å²) in [5.74, 6) is -0.320. The van der Waals surface area contributed by atoms with Crippen molar-refractivity contribution in [3.05, 3.63) is 35.2 Å². The van der Waals surface area contributed by atoms with E-state index in [-0.39, 0.29) is 17.7 Å². The molecule has 9 heteroatoms. The highest BCUT2D eigenvalue weighted by Gasteiger charge is 2.38. The molecule has 0 bridgehead atoms. The van der Waals surface area contributed by atoms with E-state index in [9.17, 15) is 14.7 Å². The van der Waals surface area contributed by atoms with Crippen molar-refractivity contribution in [2.75, 3.05) is 24.6 Å². The van der Waals surface area contributed by atoms with Crippen LogP contribution >= 0.6 is 0 Å². The predicted molar refractivity (Wildman–Crippen MR) is 152 cm³/mol. The van der Waals surface area contributed by atoms with Gasteiger partial charge in [-0.05, 0) is 78.1 Å². The Labute approximate surface area is 232 Å². The number of aromatic carboxylic acids is 1. The Balaban J connectivity index is 2.02. The van der Waals surface area contributed by atoms with Gasteiger partial charge in [-0.1, -0.05) is 32.9 Å². The number of anilines is 1. The number of aromatic nitrogens is 3. The van der Waals surface area contributed by atoms with Gasteiger partial charge in [0, 0.05) is 24.8 Å². The quantitative estimate of drug-likeness (QED) is 0.266. The van der Waals surface area contributed by atoms with Crippen molar-refractivity contribution in [2.24, 2.45) is 11.3 Å². The SMILES string of the molecule is CCOC(=O)C(OC(C)(C)C)c1c(C)nc2cc(C(=O)O)nn2c1N1CCC(C)(CCC=CCC(C)C)CC1. The topological polar surface area (TPSA) is 106 Å². The summed E-state index contributed by atoms with van der Waals surface area (Å²) < 4.78 is 13.3. The Morgan fingerprint density at radius 3 is 2.44 bits per heavy atom. The average Bonchev–Trinajstić information content (AvgIpc) is 3.26. The van der Waals surface area contributed by atoms with Crippen LogP contribution in [0.25, 0.3) is 5.65 Å². The smallest absolute Gasteiger partial charge is 0.356 e. The Hall–Kier alpha value is -2.94. The van der Waals surface area contributed by atoms with Crippen LogP contribution in [0.4, 0.5) is 5.82 Å². The summed E-state index contributed by atoms with van der Waals surface area (Å²) in [5.41, 5.74) is 1.02. The number of allylic oxidation sites excluding steroid dienone is 2. The summed E-state index contributed by atoms with van der Waals surface area (Å²) in [5, 5.41) is 14.0. The third kappa shape index (κ3) is 7.81. The maximum absolute atomic E-state index is 13.3. The lowest BCUT2D eigenvalue weighted by atomic mass is 9.76. The minimum atomic E-state index is -1.13. The highest BCUT2D eigenvalue weighted by Crippen LogP contribution is 2.41. The van der Waals surface area contributed by atoms with Gasteiger partial charge < -0.3 is 19.5 Å². The number of carboxylic acid groups (broad SMARTS) is 1. The van der Waals surface area contributed by atoms with E-state index in [2.05, 4.69) is 47.9 Å². The van der Waals surface area contributed by atoms with E-state index in [0.29, 0.717) is 28.6 Å². The average molecular weight is 543 g/mol. The zero-order valence-corrected chi connectivity index (χ0v) is 24.9. The largest absolute Gasteiger partial charge is 0.476 e. The minimum Gasteiger partial charge on any atom is -0.476 e. The van der Waals surface area contributed by atoms with E-state index in [1.807, 2.05) is 27.7 Å². The molecule has 2 aromatic heterocycles. The van der Waals surface area contributed by atoms with E-state index < -0.39 is 23.6 Å². The lowest BCUT2D eigenvalue weighted by Crippen LogP contribution is -2.41. The van der Waals surface area contributed by atoms with Crippen LogP contribution in [0.5, 0.6) is 0 Å². The molecular weight excluding hydrogens is 496 g/mol. The van der Waals surface area contributed by atoms with Gasteiger partial charge in [-0.2, -0.15) is 9.61 Å². The van der Waals surface area contributed by atoms with Crippen molar-refractivity contribution in [1.82, 2.24) is 14.6 Å². The molecule has 1 aliphatic rings. The second-order valence-corrected chi connectivity index (χ2v) is 12.3. The summed E-state index contributed by atoms with van der Waals surface area (Å²) in [4.78, 5) is 31.9. The molecule has 3 heterocycles. The standard InChI is InChI=1S/C30H46N4O5/c1-9-38-28(37)25(39-29(5,6)7)24-21(4)31-23-19-22(27(35)36)32-34(23)26(24)33-17-15-30(8,16-18-33)14-12-10-11-13-20(2)3/h10-11,19-20,25H,9,12-18H2,1-8H3,(H,35,36). The molecule has 0 aromatic carbocycles. The zero-order valence-electron chi connectivity index (χ0n) is 24.9. The number of ether oxygens (including phenoxy) is 2. The third-order valence-electron chi connectivity index (χ3n) is 7.22. The molecule has 0 spiro atoms. The van der Waals surface area contributed by atoms with E-state index in [4.69, 9.17) is 9.47 Å². The summed E-state index contributed by atoms with van der Waals surface area (Å²) >= 11 is 0. The Bertz CT molecular complexity index is 1190. The number of rotatable bonds is 11. The van der Waals surface area contributed by atoms with E-state index in [0.717, 1.165) is 45.2 Å². The fourth-order valence-corrected chi connectivity index (χ4v) is 5.05. The second kappa shape index (κ2) is 12.5. The van der Waals surface area contributed by atoms with Crippen molar-refractivity contribution in [3.8, 4) is 0 Å². The van der Waals surface area contributed by atoms with Gasteiger partial charge in [0.25, 0.3) is 0 Å². The van der Waals surface area contributed by atoms with Crippen LogP contribution < -0.4 is 4.90 Å². The lowest BCUT2D eigenvalue weighted by Gasteiger charge is -2.41. The van der Waals surface area contributed by atoms with Gasteiger partial charge in [0.1, 0.15) is 5.82 Å². The number of hydrogen-bond acceptors (Lipinski definition) is 7. The minimum absolute atomic E-state index is 0.0974. The number of esters is 1. The monoisotopic (exact) mass is 542 g/mol. The fourth-order valence-electron chi connectivity index (χ4n) is 5.05. The first-order valence-corrected chi connectivity index (χ1v) is 14.1. The number of hydrogen-bond donors (Lipinski definition) is 1. The van der Waals surface area contributed by atoms with Crippen molar-refractivity contribution in [1.29, 1.82) is 0 Å². The number of carbonyl (C=O) groups excluding carboxylic acids is 1. The number of nitrogens with zero attached hydrogens (tertiary/aromatic N) is 4. The molecule has 1 atom stereocenters. The van der Waals surface area contributed by atoms with Crippen LogP contribution in [0.2, 0.25) is 0 Å². The highest BCUT2D eigenvalue weighted by atomic mass is 16.6. The van der Waals surface area contributed by atoms with Gasteiger partial charge >= 0.3 is 11.9 Å². The normalized spacial score (nSPS) is 16.8. The van der Waals surface area contributed by atoms with Crippen molar-refractivity contribution < 1.29 is 24.2 Å². The Morgan fingerprint density at radius 2 is 1.87 bits per heavy atom. The van der Waals surface area contributed by atoms with Crippen molar-refractivity contribution in [3.63, 3.8) is 0 Å². The fraction of sp³-hybridized carbons (Fsp3) is 0.667. The predicted octanol–water partition coefficient (Wildman–Crippen LogP) is 6.14. The van der Waals surface area contributed by atoms with E-state index in [1.165, 1.54) is 6.07 Å². The number of carboxylic acids is 1. The van der Waals surface area contributed by atoms with Crippen LogP contribution in [-0.4, -0.2) is 56.9 Å². The van der Waals surface area contributed by atoms with Gasteiger partial charge in [0.05, 0.1) is 17.8 Å². The molecule has 9 nitrogen and oxygen atoms in total. The summed E-state index contributed by atoms with van der Waals surface area (Å²) in [7, 11) is 0. The molecule has 0 radical (unpaired) electrons. The summed E-state index contributed by atoms with van der Waals surface area (Å²) in [6.07, 6.45) is 8.74. The van der Waals surface area contributed by atoms with Crippen LogP contribution in [0.15, 0.2) is 18.2 Å². The highest BCUT2D eigenvalue weighted by molar-refractivity contribution is 5.87. The molecule has 3 rings (SSSR count). The number of carbonyl (C=O) groups is 2. The molecule has 0 amide bonds. The number of aryl methyl sites for hydroxylation is 1. The van der Waals surface area contributed by atoms with Crippen molar-refractivity contribution >= 4 is 23.4 Å². The number of piperidine rings is 1. The first kappa shape index (κ1) is 30.6. The molecule has 0 saturated carbocycles. The van der Waals surface area contributed by atoms with Crippen LogP contribution in [-0.2, 0) is 14.3 Å².